The van der Waals surface area contributed by atoms with E-state index in [-0.39, 0.29) is 22.6 Å². The van der Waals surface area contributed by atoms with Crippen molar-refractivity contribution in [3.63, 3.8) is 0 Å². The summed E-state index contributed by atoms with van der Waals surface area (Å²) in [5, 5.41) is 6.24. The van der Waals surface area contributed by atoms with Gasteiger partial charge in [-0.25, -0.2) is 8.42 Å². The van der Waals surface area contributed by atoms with E-state index in [1.807, 2.05) is 44.2 Å². The molecule has 2 aromatic rings. The lowest BCUT2D eigenvalue weighted by Gasteiger charge is -2.19. The number of rotatable bonds is 9. The van der Waals surface area contributed by atoms with Gasteiger partial charge in [0.1, 0.15) is 11.9 Å². The molecule has 1 heterocycles. The number of carbonyl (C=O) groups excluding carboxylic acids is 1. The van der Waals surface area contributed by atoms with Crippen molar-refractivity contribution in [2.45, 2.75) is 37.6 Å². The molecule has 0 saturated carbocycles. The third-order valence-electron chi connectivity index (χ3n) is 5.14. The first-order valence-electron chi connectivity index (χ1n) is 10.2. The van der Waals surface area contributed by atoms with Crippen LogP contribution in [0.25, 0.3) is 0 Å². The van der Waals surface area contributed by atoms with Crippen molar-refractivity contribution in [3.8, 4) is 0 Å². The number of hydrogen-bond donors (Lipinski definition) is 3. The van der Waals surface area contributed by atoms with Crippen LogP contribution in [0.5, 0.6) is 0 Å². The molecule has 7 nitrogen and oxygen atoms in total. The zero-order valence-electron chi connectivity index (χ0n) is 17.3. The van der Waals surface area contributed by atoms with Gasteiger partial charge in [-0.2, -0.15) is 0 Å². The number of fused-ring (bicyclic) bond motifs is 1. The van der Waals surface area contributed by atoms with Crippen LogP contribution >= 0.6 is 0 Å². The Labute approximate surface area is 178 Å². The zero-order chi connectivity index (χ0) is 21.6. The van der Waals surface area contributed by atoms with E-state index in [0.717, 1.165) is 25.1 Å². The highest BCUT2D eigenvalue weighted by atomic mass is 32.2. The molecule has 0 saturated heterocycles. The lowest BCUT2D eigenvalue weighted by Crippen LogP contribution is -2.39. The fraction of sp³-hybridized carbons (Fsp3) is 0.364. The van der Waals surface area contributed by atoms with Gasteiger partial charge >= 0.3 is 0 Å². The van der Waals surface area contributed by atoms with Crippen molar-refractivity contribution in [3.05, 3.63) is 60.2 Å². The number of nitrogens with one attached hydrogen (secondary N) is 3. The molecule has 2 atom stereocenters. The molecular weight excluding hydrogens is 400 g/mol. The molecule has 0 radical (unpaired) electrons. The van der Waals surface area contributed by atoms with Crippen molar-refractivity contribution in [2.75, 3.05) is 18.4 Å². The second-order valence-electron chi connectivity index (χ2n) is 7.35. The van der Waals surface area contributed by atoms with Crippen molar-refractivity contribution < 1.29 is 13.2 Å². The Morgan fingerprint density at radius 2 is 1.77 bits per heavy atom. The maximum atomic E-state index is 12.8. The summed E-state index contributed by atoms with van der Waals surface area (Å²) in [6.45, 7) is 5.18. The lowest BCUT2D eigenvalue weighted by molar-refractivity contribution is -0.123. The fourth-order valence-electron chi connectivity index (χ4n) is 3.23. The summed E-state index contributed by atoms with van der Waals surface area (Å²) in [7, 11) is -3.63. The minimum Gasteiger partial charge on any atom is -0.385 e. The molecule has 0 unspecified atom stereocenters. The van der Waals surface area contributed by atoms with E-state index in [2.05, 4.69) is 20.3 Å². The average Bonchev–Trinajstić information content (AvgIpc) is 3.02. The number of carbonyl (C=O) groups is 1. The Kier molecular flexibility index (Phi) is 7.10. The maximum absolute atomic E-state index is 12.8. The van der Waals surface area contributed by atoms with Crippen LogP contribution in [-0.2, 0) is 14.8 Å². The minimum absolute atomic E-state index is 0.0304. The standard InChI is InChI=1S/C22H28N4O3S/c1-3-16(2)20(22(27)24-15-9-14-23-17-10-5-4-6-11-17)25-21-18-12-7-8-13-19(18)30(28,29)26-21/h4-8,10-13,16,20,23H,3,9,14-15H2,1-2H3,(H,24,27)(H,25,26)/t16-,20-/m0/s1. The zero-order valence-corrected chi connectivity index (χ0v) is 18.1. The van der Waals surface area contributed by atoms with E-state index in [1.54, 1.807) is 18.2 Å². The quantitative estimate of drug-likeness (QED) is 0.535. The van der Waals surface area contributed by atoms with E-state index < -0.39 is 16.1 Å². The summed E-state index contributed by atoms with van der Waals surface area (Å²) >= 11 is 0. The molecular formula is C22H28N4O3S. The molecule has 2 aromatic carbocycles. The summed E-state index contributed by atoms with van der Waals surface area (Å²) in [6.07, 6.45) is 1.51. The van der Waals surface area contributed by atoms with Crippen LogP contribution in [0.4, 0.5) is 5.69 Å². The molecule has 0 aromatic heterocycles. The highest BCUT2D eigenvalue weighted by Crippen LogP contribution is 2.24. The number of amidine groups is 1. The molecule has 1 amide bonds. The smallest absolute Gasteiger partial charge is 0.263 e. The first kappa shape index (κ1) is 21.8. The second-order valence-corrected chi connectivity index (χ2v) is 9.00. The van der Waals surface area contributed by atoms with Gasteiger partial charge in [0.25, 0.3) is 10.0 Å². The third kappa shape index (κ3) is 5.18. The van der Waals surface area contributed by atoms with E-state index in [4.69, 9.17) is 0 Å². The Balaban J connectivity index is 1.63. The van der Waals surface area contributed by atoms with Crippen LogP contribution in [0.1, 0.15) is 32.3 Å². The van der Waals surface area contributed by atoms with Gasteiger partial charge < -0.3 is 10.6 Å². The molecule has 160 valence electrons. The molecule has 0 bridgehead atoms. The van der Waals surface area contributed by atoms with Crippen LogP contribution in [0.3, 0.4) is 0 Å². The van der Waals surface area contributed by atoms with E-state index >= 15 is 0 Å². The van der Waals surface area contributed by atoms with Crippen molar-refractivity contribution in [1.82, 2.24) is 10.0 Å². The normalized spacial score (nSPS) is 17.6. The first-order valence-corrected chi connectivity index (χ1v) is 11.7. The number of nitrogens with zero attached hydrogens (tertiary/aromatic N) is 1. The van der Waals surface area contributed by atoms with Crippen LogP contribution in [0.15, 0.2) is 64.5 Å². The fourth-order valence-corrected chi connectivity index (χ4v) is 4.47. The van der Waals surface area contributed by atoms with Gasteiger partial charge in [0.15, 0.2) is 0 Å². The van der Waals surface area contributed by atoms with Gasteiger partial charge in [-0.05, 0) is 36.6 Å². The van der Waals surface area contributed by atoms with Gasteiger partial charge in [-0.3, -0.25) is 14.5 Å². The Hall–Kier alpha value is -2.87. The van der Waals surface area contributed by atoms with Crippen molar-refractivity contribution in [2.24, 2.45) is 10.9 Å². The SMILES string of the molecule is CC[C@H](C)[C@H](N=C1NS(=O)(=O)c2ccccc21)C(=O)NCCCNc1ccccc1. The lowest BCUT2D eigenvalue weighted by atomic mass is 9.98. The third-order valence-corrected chi connectivity index (χ3v) is 6.54. The van der Waals surface area contributed by atoms with Gasteiger partial charge in [-0.15, -0.1) is 0 Å². The molecule has 1 aliphatic heterocycles. The number of para-hydroxylation sites is 1. The maximum Gasteiger partial charge on any atom is 0.263 e. The van der Waals surface area contributed by atoms with Crippen molar-refractivity contribution in [1.29, 1.82) is 0 Å². The largest absolute Gasteiger partial charge is 0.385 e. The number of hydrogen-bond acceptors (Lipinski definition) is 5. The van der Waals surface area contributed by atoms with Gasteiger partial charge in [0.05, 0.1) is 4.90 Å². The van der Waals surface area contributed by atoms with Crippen LogP contribution in [-0.4, -0.2) is 39.3 Å². The summed E-state index contributed by atoms with van der Waals surface area (Å²) in [5.41, 5.74) is 1.55. The molecule has 30 heavy (non-hydrogen) atoms. The molecule has 3 rings (SSSR count). The number of aliphatic imine (C=N–C) groups is 1. The molecule has 0 fully saturated rings. The van der Waals surface area contributed by atoms with E-state index in [9.17, 15) is 13.2 Å². The highest BCUT2D eigenvalue weighted by molar-refractivity contribution is 7.90. The molecule has 1 aliphatic rings. The van der Waals surface area contributed by atoms with Crippen LogP contribution in [0.2, 0.25) is 0 Å². The summed E-state index contributed by atoms with van der Waals surface area (Å²) in [4.78, 5) is 17.5. The first-order chi connectivity index (χ1) is 14.4. The van der Waals surface area contributed by atoms with Crippen LogP contribution in [0, 0.1) is 5.92 Å². The number of amides is 1. The summed E-state index contributed by atoms with van der Waals surface area (Å²) in [6, 6.07) is 15.9. The molecule has 0 spiro atoms. The highest BCUT2D eigenvalue weighted by Gasteiger charge is 2.32. The van der Waals surface area contributed by atoms with Gasteiger partial charge in [0, 0.05) is 24.3 Å². The van der Waals surface area contributed by atoms with E-state index in [0.29, 0.717) is 12.1 Å². The van der Waals surface area contributed by atoms with Gasteiger partial charge in [-0.1, -0.05) is 50.6 Å². The predicted octanol–water partition coefficient (Wildman–Crippen LogP) is 2.76. The number of benzene rings is 2. The molecule has 3 N–H and O–H groups in total. The number of anilines is 1. The monoisotopic (exact) mass is 428 g/mol. The average molecular weight is 429 g/mol. The Morgan fingerprint density at radius 1 is 1.07 bits per heavy atom. The Morgan fingerprint density at radius 3 is 2.50 bits per heavy atom. The second kappa shape index (κ2) is 9.75. The van der Waals surface area contributed by atoms with Crippen molar-refractivity contribution >= 4 is 27.5 Å². The molecule has 0 aliphatic carbocycles. The van der Waals surface area contributed by atoms with E-state index in [1.165, 1.54) is 6.07 Å². The number of sulfonamides is 1. The van der Waals surface area contributed by atoms with Gasteiger partial charge in [0.2, 0.25) is 5.91 Å². The predicted molar refractivity (Wildman–Crippen MR) is 119 cm³/mol. The summed E-state index contributed by atoms with van der Waals surface area (Å²) < 4.78 is 27.1. The van der Waals surface area contributed by atoms with Crippen LogP contribution < -0.4 is 15.4 Å². The Bertz CT molecular complexity index is 1010. The summed E-state index contributed by atoms with van der Waals surface area (Å²) in [5.74, 6) is 0.00847. The topological polar surface area (TPSA) is 99.7 Å². The molecule has 8 heteroatoms. The minimum atomic E-state index is -3.63.